The highest BCUT2D eigenvalue weighted by Gasteiger charge is 2.23. The van der Waals surface area contributed by atoms with E-state index in [-0.39, 0.29) is 0 Å². The Balaban J connectivity index is 1.68. The molecule has 0 spiro atoms. The first-order chi connectivity index (χ1) is 10.3. The van der Waals surface area contributed by atoms with E-state index < -0.39 is 0 Å². The number of nitrogen functional groups attached to an aromatic ring is 1. The second-order valence-corrected chi connectivity index (χ2v) is 5.95. The molecule has 2 aromatic carbocycles. The van der Waals surface area contributed by atoms with Crippen molar-refractivity contribution in [3.05, 3.63) is 65.7 Å². The molecule has 1 heterocycles. The van der Waals surface area contributed by atoms with Crippen LogP contribution in [0.5, 0.6) is 0 Å². The number of benzene rings is 2. The van der Waals surface area contributed by atoms with Gasteiger partial charge in [0.1, 0.15) is 0 Å². The predicted octanol–water partition coefficient (Wildman–Crippen LogP) is 4.04. The second-order valence-electron chi connectivity index (χ2n) is 5.95. The SMILES string of the molecule is Nc1ccc([C@H]2CCCCN2CCc2ccccc2)cc1. The predicted molar refractivity (Wildman–Crippen MR) is 89.2 cm³/mol. The van der Waals surface area contributed by atoms with Crippen LogP contribution < -0.4 is 5.73 Å². The largest absolute Gasteiger partial charge is 0.399 e. The third kappa shape index (κ3) is 3.64. The third-order valence-corrected chi connectivity index (χ3v) is 4.47. The monoisotopic (exact) mass is 280 g/mol. The first kappa shape index (κ1) is 14.2. The number of rotatable bonds is 4. The minimum atomic E-state index is 0.558. The van der Waals surface area contributed by atoms with Gasteiger partial charge >= 0.3 is 0 Å². The number of piperidine rings is 1. The summed E-state index contributed by atoms with van der Waals surface area (Å²) >= 11 is 0. The molecule has 0 amide bonds. The molecule has 2 nitrogen and oxygen atoms in total. The average molecular weight is 280 g/mol. The van der Waals surface area contributed by atoms with Crippen LogP contribution in [0.1, 0.15) is 36.4 Å². The second kappa shape index (κ2) is 6.77. The van der Waals surface area contributed by atoms with Crippen LogP contribution in [0.15, 0.2) is 54.6 Å². The summed E-state index contributed by atoms with van der Waals surface area (Å²) in [5.74, 6) is 0. The molecule has 1 aliphatic rings. The van der Waals surface area contributed by atoms with Crippen LogP contribution >= 0.6 is 0 Å². The molecule has 0 bridgehead atoms. The quantitative estimate of drug-likeness (QED) is 0.856. The van der Waals surface area contributed by atoms with E-state index in [4.69, 9.17) is 5.73 Å². The summed E-state index contributed by atoms with van der Waals surface area (Å²) in [7, 11) is 0. The van der Waals surface area contributed by atoms with Gasteiger partial charge in [0.15, 0.2) is 0 Å². The summed E-state index contributed by atoms with van der Waals surface area (Å²) in [5.41, 5.74) is 9.51. The van der Waals surface area contributed by atoms with E-state index in [9.17, 15) is 0 Å². The topological polar surface area (TPSA) is 29.3 Å². The Morgan fingerprint density at radius 3 is 2.48 bits per heavy atom. The highest BCUT2D eigenvalue weighted by atomic mass is 15.2. The Morgan fingerprint density at radius 2 is 1.71 bits per heavy atom. The zero-order chi connectivity index (χ0) is 14.5. The smallest absolute Gasteiger partial charge is 0.0348 e. The van der Waals surface area contributed by atoms with E-state index in [1.165, 1.54) is 36.9 Å². The molecule has 0 unspecified atom stereocenters. The lowest BCUT2D eigenvalue weighted by molar-refractivity contribution is 0.150. The lowest BCUT2D eigenvalue weighted by Crippen LogP contribution is -2.35. The number of anilines is 1. The first-order valence-corrected chi connectivity index (χ1v) is 7.96. The zero-order valence-corrected chi connectivity index (χ0v) is 12.5. The fourth-order valence-corrected chi connectivity index (χ4v) is 3.27. The van der Waals surface area contributed by atoms with Gasteiger partial charge < -0.3 is 5.73 Å². The lowest BCUT2D eigenvalue weighted by atomic mass is 9.94. The average Bonchev–Trinajstić information content (AvgIpc) is 2.55. The van der Waals surface area contributed by atoms with Crippen LogP contribution in [0, 0.1) is 0 Å². The molecule has 0 radical (unpaired) electrons. The molecule has 1 aliphatic heterocycles. The van der Waals surface area contributed by atoms with E-state index in [0.717, 1.165) is 18.7 Å². The Labute approximate surface area is 127 Å². The van der Waals surface area contributed by atoms with Crippen LogP contribution in [0.4, 0.5) is 5.69 Å². The molecular formula is C19H24N2. The maximum atomic E-state index is 5.81. The fourth-order valence-electron chi connectivity index (χ4n) is 3.27. The Hall–Kier alpha value is -1.80. The van der Waals surface area contributed by atoms with Crippen LogP contribution in [0.25, 0.3) is 0 Å². The van der Waals surface area contributed by atoms with E-state index in [2.05, 4.69) is 47.4 Å². The first-order valence-electron chi connectivity index (χ1n) is 7.96. The lowest BCUT2D eigenvalue weighted by Gasteiger charge is -2.36. The number of hydrogen-bond donors (Lipinski definition) is 1. The van der Waals surface area contributed by atoms with E-state index >= 15 is 0 Å². The van der Waals surface area contributed by atoms with Crippen molar-refractivity contribution in [3.63, 3.8) is 0 Å². The van der Waals surface area contributed by atoms with Crippen molar-refractivity contribution >= 4 is 5.69 Å². The van der Waals surface area contributed by atoms with Crippen molar-refractivity contribution in [3.8, 4) is 0 Å². The molecule has 0 saturated carbocycles. The number of likely N-dealkylation sites (tertiary alicyclic amines) is 1. The van der Waals surface area contributed by atoms with E-state index in [1.54, 1.807) is 0 Å². The molecular weight excluding hydrogens is 256 g/mol. The number of hydrogen-bond acceptors (Lipinski definition) is 2. The molecule has 2 N–H and O–H groups in total. The van der Waals surface area contributed by atoms with Gasteiger partial charge in [-0.1, -0.05) is 48.9 Å². The molecule has 1 saturated heterocycles. The summed E-state index contributed by atoms with van der Waals surface area (Å²) < 4.78 is 0. The van der Waals surface area contributed by atoms with Crippen molar-refractivity contribution < 1.29 is 0 Å². The van der Waals surface area contributed by atoms with E-state index in [1.807, 2.05) is 12.1 Å². The summed E-state index contributed by atoms with van der Waals surface area (Å²) in [6.45, 7) is 2.35. The molecule has 0 aromatic heterocycles. The number of nitrogens with two attached hydrogens (primary N) is 1. The molecule has 2 aromatic rings. The molecule has 21 heavy (non-hydrogen) atoms. The summed E-state index contributed by atoms with van der Waals surface area (Å²) in [4.78, 5) is 2.64. The van der Waals surface area contributed by atoms with Gasteiger partial charge in [-0.05, 0) is 49.1 Å². The normalized spacial score (nSPS) is 19.5. The maximum Gasteiger partial charge on any atom is 0.0348 e. The summed E-state index contributed by atoms with van der Waals surface area (Å²) in [6.07, 6.45) is 5.04. The molecule has 110 valence electrons. The standard InChI is InChI=1S/C19H24N2/c20-18-11-9-17(10-12-18)19-8-4-5-14-21(19)15-13-16-6-2-1-3-7-16/h1-3,6-7,9-12,19H,4-5,8,13-15,20H2/t19-/m1/s1. The molecule has 2 heteroatoms. The van der Waals surface area contributed by atoms with Gasteiger partial charge in [-0.15, -0.1) is 0 Å². The minimum absolute atomic E-state index is 0.558. The number of nitrogens with zero attached hydrogens (tertiary/aromatic N) is 1. The Kier molecular flexibility index (Phi) is 4.56. The van der Waals surface area contributed by atoms with Crippen molar-refractivity contribution in [2.24, 2.45) is 0 Å². The molecule has 0 aliphatic carbocycles. The van der Waals surface area contributed by atoms with E-state index in [0.29, 0.717) is 6.04 Å². The fraction of sp³-hybridized carbons (Fsp3) is 0.368. The van der Waals surface area contributed by atoms with Crippen molar-refractivity contribution in [2.75, 3.05) is 18.8 Å². The molecule has 3 rings (SSSR count). The highest BCUT2D eigenvalue weighted by molar-refractivity contribution is 5.40. The van der Waals surface area contributed by atoms with Crippen LogP contribution in [0.2, 0.25) is 0 Å². The van der Waals surface area contributed by atoms with Crippen LogP contribution in [-0.2, 0) is 6.42 Å². The van der Waals surface area contributed by atoms with Crippen LogP contribution in [0.3, 0.4) is 0 Å². The van der Waals surface area contributed by atoms with Gasteiger partial charge in [0.2, 0.25) is 0 Å². The van der Waals surface area contributed by atoms with Gasteiger partial charge in [-0.3, -0.25) is 4.90 Å². The minimum Gasteiger partial charge on any atom is -0.399 e. The van der Waals surface area contributed by atoms with Gasteiger partial charge in [0.25, 0.3) is 0 Å². The van der Waals surface area contributed by atoms with Crippen molar-refractivity contribution in [1.29, 1.82) is 0 Å². The van der Waals surface area contributed by atoms with Gasteiger partial charge in [-0.2, -0.15) is 0 Å². The Bertz CT molecular complexity index is 548. The van der Waals surface area contributed by atoms with Crippen LogP contribution in [-0.4, -0.2) is 18.0 Å². The van der Waals surface area contributed by atoms with Crippen molar-refractivity contribution in [1.82, 2.24) is 4.90 Å². The highest BCUT2D eigenvalue weighted by Crippen LogP contribution is 2.31. The Morgan fingerprint density at radius 1 is 0.952 bits per heavy atom. The maximum absolute atomic E-state index is 5.81. The van der Waals surface area contributed by atoms with Gasteiger partial charge in [0, 0.05) is 18.3 Å². The summed E-state index contributed by atoms with van der Waals surface area (Å²) in [5, 5.41) is 0. The van der Waals surface area contributed by atoms with Gasteiger partial charge in [0.05, 0.1) is 0 Å². The van der Waals surface area contributed by atoms with Crippen molar-refractivity contribution in [2.45, 2.75) is 31.7 Å². The zero-order valence-electron chi connectivity index (χ0n) is 12.5. The molecule has 1 fully saturated rings. The summed E-state index contributed by atoms with van der Waals surface area (Å²) in [6, 6.07) is 19.8. The van der Waals surface area contributed by atoms with Gasteiger partial charge in [-0.25, -0.2) is 0 Å². The molecule has 1 atom stereocenters. The third-order valence-electron chi connectivity index (χ3n) is 4.47.